The second-order valence-corrected chi connectivity index (χ2v) is 29.0. The van der Waals surface area contributed by atoms with Crippen molar-refractivity contribution in [2.75, 3.05) is 9.80 Å². The fourth-order valence-corrected chi connectivity index (χ4v) is 18.0. The molecule has 0 aliphatic carbocycles. The number of aromatic nitrogens is 2. The van der Waals surface area contributed by atoms with Crippen molar-refractivity contribution in [1.82, 2.24) is 9.13 Å². The molecule has 0 spiro atoms. The van der Waals surface area contributed by atoms with Crippen LogP contribution in [-0.2, 0) is 0 Å². The third kappa shape index (κ3) is 10.2. The predicted molar refractivity (Wildman–Crippen MR) is 470 cm³/mol. The van der Waals surface area contributed by atoms with Crippen LogP contribution in [0.25, 0.3) is 187 Å². The summed E-state index contributed by atoms with van der Waals surface area (Å²) in [5.74, 6) is 0.765. The maximum atomic E-state index is 6.50. The zero-order valence-electron chi connectivity index (χ0n) is 60.7. The topological polar surface area (TPSA) is 42.6 Å². The Kier molecular flexibility index (Phi) is 14.6. The zero-order valence-corrected chi connectivity index (χ0v) is 60.7. The number of hydrogen-bond acceptors (Lipinski definition) is 4. The van der Waals surface area contributed by atoms with Gasteiger partial charge in [-0.2, -0.15) is 0 Å². The molecule has 520 valence electrons. The van der Waals surface area contributed by atoms with E-state index in [9.17, 15) is 0 Å². The van der Waals surface area contributed by atoms with Gasteiger partial charge in [-0.15, -0.1) is 0 Å². The van der Waals surface area contributed by atoms with E-state index in [1.165, 1.54) is 59.2 Å². The maximum absolute atomic E-state index is 6.50. The van der Waals surface area contributed by atoms with Gasteiger partial charge in [-0.1, -0.05) is 243 Å². The number of furan rings is 2. The van der Waals surface area contributed by atoms with Crippen LogP contribution in [0.3, 0.4) is 0 Å². The number of anilines is 6. The van der Waals surface area contributed by atoms with Gasteiger partial charge in [0.1, 0.15) is 22.5 Å². The van der Waals surface area contributed by atoms with E-state index in [1.54, 1.807) is 6.08 Å². The average Bonchev–Trinajstić information content (AvgIpc) is 1.73. The molecule has 0 fully saturated rings. The fourth-order valence-electron chi connectivity index (χ4n) is 18.0. The second-order valence-electron chi connectivity index (χ2n) is 29.0. The van der Waals surface area contributed by atoms with Crippen LogP contribution in [0.2, 0.25) is 0 Å². The molecule has 0 aliphatic heterocycles. The van der Waals surface area contributed by atoms with Crippen LogP contribution in [0.15, 0.2) is 385 Å². The first-order valence-electron chi connectivity index (χ1n) is 38.0. The minimum Gasteiger partial charge on any atom is -0.456 e. The van der Waals surface area contributed by atoms with Gasteiger partial charge in [0, 0.05) is 88.5 Å². The van der Waals surface area contributed by atoms with E-state index in [1.807, 2.05) is 25.1 Å². The molecule has 0 bridgehead atoms. The molecule has 0 N–H and O–H groups in total. The molecular formula is C105H68N4O2. The minimum absolute atomic E-state index is 0.765. The zero-order chi connectivity index (χ0) is 73.4. The standard InChI is InChI=1S/C105H68N4O2/c1-3-23-89-91-54-49-69(61-103(91)110-101(89)4-2)67-25-17-27-72(58-67)106(78-52-56-85-82-35-6-5-33-80(82)81-34-7-8-36-83(81)94(85)65-78)74-29-20-31-76(63-74)109-98-45-15-11-39-88(98)95-60-71(51-57-99(95)109)79-41-22-42-93-84(79)53-48-66-24-19-46-100(105(66)93)107(73-28-18-26-68(59-73)70-50-55-92-90-40-12-16-47-102(90)111-104(92)62-70)75-30-21-32-77(64-75)108-96-43-13-9-37-86(96)87-38-10-14-44-97(87)108/h3-65H,2H2,1H3/b23-3-. The van der Waals surface area contributed by atoms with Crippen molar-refractivity contribution in [2.24, 2.45) is 0 Å². The highest BCUT2D eigenvalue weighted by molar-refractivity contribution is 6.26. The van der Waals surface area contributed by atoms with Crippen LogP contribution in [0.1, 0.15) is 18.2 Å². The number of allylic oxidation sites excluding steroid dienone is 1. The summed E-state index contributed by atoms with van der Waals surface area (Å²) in [6.07, 6.45) is 5.94. The lowest BCUT2D eigenvalue weighted by molar-refractivity contribution is 0.603. The van der Waals surface area contributed by atoms with Crippen LogP contribution in [0.4, 0.5) is 34.1 Å². The van der Waals surface area contributed by atoms with Crippen molar-refractivity contribution < 1.29 is 8.83 Å². The molecule has 0 amide bonds. The van der Waals surface area contributed by atoms with Crippen molar-refractivity contribution >= 4 is 177 Å². The average molecular weight is 1420 g/mol. The molecule has 111 heavy (non-hydrogen) atoms. The first-order chi connectivity index (χ1) is 54.9. The lowest BCUT2D eigenvalue weighted by Crippen LogP contribution is -2.11. The van der Waals surface area contributed by atoms with Gasteiger partial charge < -0.3 is 27.8 Å². The van der Waals surface area contributed by atoms with Crippen LogP contribution >= 0.6 is 0 Å². The van der Waals surface area contributed by atoms with Gasteiger partial charge in [-0.25, -0.2) is 0 Å². The molecule has 6 nitrogen and oxygen atoms in total. The Bertz CT molecular complexity index is 7580. The Morgan fingerprint density at radius 3 is 1.37 bits per heavy atom. The van der Waals surface area contributed by atoms with E-state index in [0.717, 1.165) is 161 Å². The molecular weight excluding hydrogens is 1350 g/mol. The molecule has 22 rings (SSSR count). The van der Waals surface area contributed by atoms with Crippen molar-refractivity contribution in [1.29, 1.82) is 0 Å². The Morgan fingerprint density at radius 2 is 0.730 bits per heavy atom. The molecule has 0 atom stereocenters. The summed E-state index contributed by atoms with van der Waals surface area (Å²) in [6.45, 7) is 6.12. The van der Waals surface area contributed by atoms with E-state index in [0.29, 0.717) is 0 Å². The molecule has 4 heterocycles. The van der Waals surface area contributed by atoms with Gasteiger partial charge in [-0.3, -0.25) is 0 Å². The summed E-state index contributed by atoms with van der Waals surface area (Å²) in [4.78, 5) is 4.89. The van der Waals surface area contributed by atoms with Gasteiger partial charge in [0.2, 0.25) is 0 Å². The maximum Gasteiger partial charge on any atom is 0.136 e. The number of rotatable bonds is 13. The van der Waals surface area contributed by atoms with Gasteiger partial charge in [0.15, 0.2) is 0 Å². The third-order valence-electron chi connectivity index (χ3n) is 22.9. The highest BCUT2D eigenvalue weighted by Gasteiger charge is 2.25. The summed E-state index contributed by atoms with van der Waals surface area (Å²) < 4.78 is 17.8. The Balaban J connectivity index is 0.688. The smallest absolute Gasteiger partial charge is 0.136 e. The molecule has 4 aromatic heterocycles. The number of para-hydroxylation sites is 4. The van der Waals surface area contributed by atoms with Crippen molar-refractivity contribution in [2.45, 2.75) is 6.92 Å². The molecule has 6 heteroatoms. The third-order valence-corrected chi connectivity index (χ3v) is 22.9. The normalized spacial score (nSPS) is 12.0. The molecule has 0 aliphatic rings. The van der Waals surface area contributed by atoms with Crippen LogP contribution in [0.5, 0.6) is 0 Å². The van der Waals surface area contributed by atoms with Crippen LogP contribution in [0, 0.1) is 0 Å². The van der Waals surface area contributed by atoms with E-state index >= 15 is 0 Å². The number of hydrogen-bond donors (Lipinski definition) is 0. The van der Waals surface area contributed by atoms with Crippen LogP contribution < -0.4 is 9.80 Å². The highest BCUT2D eigenvalue weighted by atomic mass is 16.3. The number of nitrogens with zero attached hydrogens (tertiary/aromatic N) is 4. The minimum atomic E-state index is 0.765. The summed E-state index contributed by atoms with van der Waals surface area (Å²) in [5.41, 5.74) is 23.1. The van der Waals surface area contributed by atoms with E-state index in [-0.39, 0.29) is 0 Å². The molecule has 0 radical (unpaired) electrons. The highest BCUT2D eigenvalue weighted by Crippen LogP contribution is 2.49. The first-order valence-corrected chi connectivity index (χ1v) is 38.0. The van der Waals surface area contributed by atoms with Gasteiger partial charge >= 0.3 is 0 Å². The van der Waals surface area contributed by atoms with E-state index < -0.39 is 0 Å². The molecule has 18 aromatic carbocycles. The Labute approximate surface area is 640 Å². The Morgan fingerprint density at radius 1 is 0.279 bits per heavy atom. The van der Waals surface area contributed by atoms with Crippen molar-refractivity contribution in [3.05, 3.63) is 388 Å². The summed E-state index contributed by atoms with van der Waals surface area (Å²) in [6, 6.07) is 134. The largest absolute Gasteiger partial charge is 0.456 e. The predicted octanol–water partition coefficient (Wildman–Crippen LogP) is 29.9. The van der Waals surface area contributed by atoms with Gasteiger partial charge in [-0.05, 0) is 234 Å². The number of benzene rings is 18. The number of fused-ring (bicyclic) bond motifs is 19. The summed E-state index contributed by atoms with van der Waals surface area (Å²) in [5, 5.41) is 20.1. The van der Waals surface area contributed by atoms with Gasteiger partial charge in [0.05, 0.1) is 27.8 Å². The van der Waals surface area contributed by atoms with Gasteiger partial charge in [0.25, 0.3) is 0 Å². The van der Waals surface area contributed by atoms with E-state index in [2.05, 4.69) is 383 Å². The monoisotopic (exact) mass is 1420 g/mol. The summed E-state index contributed by atoms with van der Waals surface area (Å²) >= 11 is 0. The second kappa shape index (κ2) is 25.5. The molecule has 0 unspecified atom stereocenters. The lowest BCUT2D eigenvalue weighted by atomic mass is 9.93. The van der Waals surface area contributed by atoms with E-state index in [4.69, 9.17) is 8.83 Å². The summed E-state index contributed by atoms with van der Waals surface area (Å²) in [7, 11) is 0. The molecule has 0 saturated heterocycles. The molecule has 0 saturated carbocycles. The SMILES string of the molecule is C=Cc1oc2cc(-c3cccc(N(c4cccc(-n5c6ccccc6c6cc(-c7cccc8c7ccc7cccc(N(c9cccc(-c%10ccc%11c(c%10)oc%10ccccc%10%11)c9)c9cccc(-n%10c%11ccccc%11c%11ccccc%11%10)c9)c78)ccc65)c4)c4ccc5c6ccccc6c6ccccc6c5c4)c3)ccc2c1/C=C\C. The quantitative estimate of drug-likeness (QED) is 0.108. The lowest BCUT2D eigenvalue weighted by Gasteiger charge is -2.28. The van der Waals surface area contributed by atoms with Crippen molar-refractivity contribution in [3.8, 4) is 44.8 Å². The molecule has 22 aromatic rings. The Hall–Kier alpha value is -14.7. The fraction of sp³-hybridized carbons (Fsp3) is 0.00952. The van der Waals surface area contributed by atoms with Crippen LogP contribution in [-0.4, -0.2) is 9.13 Å². The van der Waals surface area contributed by atoms with Crippen molar-refractivity contribution in [3.63, 3.8) is 0 Å². The first kappa shape index (κ1) is 63.5.